The van der Waals surface area contributed by atoms with E-state index in [4.69, 9.17) is 5.26 Å². The molecule has 0 fully saturated rings. The van der Waals surface area contributed by atoms with Gasteiger partial charge in [0.05, 0.1) is 0 Å². The largest absolute Gasteiger partial charge is 0.251 e. The summed E-state index contributed by atoms with van der Waals surface area (Å²) in [5.41, 5.74) is 0.956. The zero-order chi connectivity index (χ0) is 10.6. The van der Waals surface area contributed by atoms with Crippen molar-refractivity contribution < 1.29 is 10.1 Å². The molecule has 1 aromatic carbocycles. The van der Waals surface area contributed by atoms with Crippen molar-refractivity contribution in [1.29, 1.82) is 0 Å². The van der Waals surface area contributed by atoms with Gasteiger partial charge in [-0.05, 0) is 17.4 Å². The summed E-state index contributed by atoms with van der Waals surface area (Å²) in [5, 5.41) is 8.95. The smallest absolute Gasteiger partial charge is 0.123 e. The first-order chi connectivity index (χ1) is 6.61. The molecule has 0 bridgehead atoms. The molecule has 14 heavy (non-hydrogen) atoms. The lowest BCUT2D eigenvalue weighted by Crippen LogP contribution is -2.23. The van der Waals surface area contributed by atoms with Gasteiger partial charge in [-0.1, -0.05) is 51.1 Å². The SMILES string of the molecule is CCC(C)(C)C(OO)c1ccccc1. The number of hydrogen-bond acceptors (Lipinski definition) is 2. The molecule has 2 heteroatoms. The fourth-order valence-corrected chi connectivity index (χ4v) is 1.47. The number of benzene rings is 1. The molecule has 0 radical (unpaired) electrons. The molecule has 1 rings (SSSR count). The Bertz CT molecular complexity index is 267. The highest BCUT2D eigenvalue weighted by Gasteiger charge is 2.30. The molecule has 0 aliphatic carbocycles. The lowest BCUT2D eigenvalue weighted by Gasteiger charge is -2.30. The van der Waals surface area contributed by atoms with Crippen molar-refractivity contribution in [2.45, 2.75) is 33.3 Å². The van der Waals surface area contributed by atoms with E-state index in [0.29, 0.717) is 0 Å². The van der Waals surface area contributed by atoms with Crippen LogP contribution in [0.5, 0.6) is 0 Å². The molecule has 1 unspecified atom stereocenters. The van der Waals surface area contributed by atoms with Crippen molar-refractivity contribution in [2.24, 2.45) is 5.41 Å². The highest BCUT2D eigenvalue weighted by atomic mass is 17.1. The molecular formula is C12H18O2. The van der Waals surface area contributed by atoms with Gasteiger partial charge in [-0.25, -0.2) is 4.89 Å². The molecule has 0 aromatic heterocycles. The average molecular weight is 194 g/mol. The summed E-state index contributed by atoms with van der Waals surface area (Å²) in [4.78, 5) is 4.59. The molecule has 0 saturated carbocycles. The maximum atomic E-state index is 8.95. The zero-order valence-electron chi connectivity index (χ0n) is 9.03. The minimum absolute atomic E-state index is 0.0594. The fourth-order valence-electron chi connectivity index (χ4n) is 1.47. The van der Waals surface area contributed by atoms with Crippen LogP contribution in [0.1, 0.15) is 38.9 Å². The molecular weight excluding hydrogens is 176 g/mol. The Morgan fingerprint density at radius 2 is 1.86 bits per heavy atom. The molecule has 1 N–H and O–H groups in total. The second-order valence-corrected chi connectivity index (χ2v) is 4.24. The van der Waals surface area contributed by atoms with Gasteiger partial charge in [-0.15, -0.1) is 0 Å². The first kappa shape index (κ1) is 11.2. The Morgan fingerprint density at radius 1 is 1.29 bits per heavy atom. The van der Waals surface area contributed by atoms with Crippen LogP contribution in [0.3, 0.4) is 0 Å². The molecule has 0 aliphatic heterocycles. The molecule has 0 spiro atoms. The minimum atomic E-state index is -0.256. The van der Waals surface area contributed by atoms with Crippen molar-refractivity contribution >= 4 is 0 Å². The lowest BCUT2D eigenvalue weighted by atomic mass is 9.80. The highest BCUT2D eigenvalue weighted by molar-refractivity contribution is 5.19. The standard InChI is InChI=1S/C12H18O2/c1-4-12(2,3)11(14-13)10-8-6-5-7-9-10/h5-9,11,13H,4H2,1-3H3. The normalized spacial score (nSPS) is 14.0. The van der Waals surface area contributed by atoms with E-state index in [2.05, 4.69) is 25.7 Å². The monoisotopic (exact) mass is 194 g/mol. The summed E-state index contributed by atoms with van der Waals surface area (Å²) in [5.74, 6) is 0. The van der Waals surface area contributed by atoms with E-state index in [9.17, 15) is 0 Å². The molecule has 0 amide bonds. The molecule has 0 heterocycles. The Morgan fingerprint density at radius 3 is 2.29 bits per heavy atom. The van der Waals surface area contributed by atoms with Gasteiger partial charge in [0.1, 0.15) is 6.10 Å². The first-order valence-electron chi connectivity index (χ1n) is 4.97. The quantitative estimate of drug-likeness (QED) is 0.585. The van der Waals surface area contributed by atoms with E-state index in [1.165, 1.54) is 0 Å². The Labute approximate surface area is 85.5 Å². The molecule has 0 aliphatic rings. The maximum absolute atomic E-state index is 8.95. The van der Waals surface area contributed by atoms with Crippen molar-refractivity contribution in [1.82, 2.24) is 0 Å². The van der Waals surface area contributed by atoms with Gasteiger partial charge in [-0.3, -0.25) is 5.26 Å². The van der Waals surface area contributed by atoms with Crippen molar-refractivity contribution in [3.05, 3.63) is 35.9 Å². The summed E-state index contributed by atoms with van der Waals surface area (Å²) in [7, 11) is 0. The predicted molar refractivity (Wildman–Crippen MR) is 57.0 cm³/mol. The van der Waals surface area contributed by atoms with E-state index in [-0.39, 0.29) is 11.5 Å². The molecule has 78 valence electrons. The lowest BCUT2D eigenvalue weighted by molar-refractivity contribution is -0.305. The maximum Gasteiger partial charge on any atom is 0.123 e. The van der Waals surface area contributed by atoms with E-state index >= 15 is 0 Å². The number of rotatable bonds is 4. The number of hydrogen-bond donors (Lipinski definition) is 1. The third-order valence-corrected chi connectivity index (χ3v) is 2.83. The van der Waals surface area contributed by atoms with Crippen LogP contribution in [0, 0.1) is 5.41 Å². The Hall–Kier alpha value is -0.860. The Balaban J connectivity index is 2.93. The van der Waals surface area contributed by atoms with E-state index in [1.807, 2.05) is 30.3 Å². The summed E-state index contributed by atoms with van der Waals surface area (Å²) < 4.78 is 0. The molecule has 0 saturated heterocycles. The van der Waals surface area contributed by atoms with Gasteiger partial charge >= 0.3 is 0 Å². The van der Waals surface area contributed by atoms with Crippen molar-refractivity contribution in [3.63, 3.8) is 0 Å². The third-order valence-electron chi connectivity index (χ3n) is 2.83. The van der Waals surface area contributed by atoms with Crippen LogP contribution < -0.4 is 0 Å². The average Bonchev–Trinajstić information content (AvgIpc) is 2.20. The van der Waals surface area contributed by atoms with E-state index in [1.54, 1.807) is 0 Å². The highest BCUT2D eigenvalue weighted by Crippen LogP contribution is 2.38. The molecule has 2 nitrogen and oxygen atoms in total. The van der Waals surface area contributed by atoms with Gasteiger partial charge in [0.15, 0.2) is 0 Å². The summed E-state index contributed by atoms with van der Waals surface area (Å²) in [6, 6.07) is 9.80. The second-order valence-electron chi connectivity index (χ2n) is 4.24. The minimum Gasteiger partial charge on any atom is -0.251 e. The summed E-state index contributed by atoms with van der Waals surface area (Å²) >= 11 is 0. The Kier molecular flexibility index (Phi) is 3.67. The van der Waals surface area contributed by atoms with Crippen LogP contribution in [0.2, 0.25) is 0 Å². The van der Waals surface area contributed by atoms with Crippen LogP contribution in [0.25, 0.3) is 0 Å². The molecule has 1 aromatic rings. The van der Waals surface area contributed by atoms with Crippen molar-refractivity contribution in [3.8, 4) is 0 Å². The summed E-state index contributed by atoms with van der Waals surface area (Å²) in [6.45, 7) is 6.26. The zero-order valence-corrected chi connectivity index (χ0v) is 9.03. The predicted octanol–water partition coefficient (Wildman–Crippen LogP) is 3.65. The van der Waals surface area contributed by atoms with Crippen LogP contribution in [-0.2, 0) is 4.89 Å². The first-order valence-corrected chi connectivity index (χ1v) is 4.97. The topological polar surface area (TPSA) is 29.5 Å². The van der Waals surface area contributed by atoms with Crippen LogP contribution in [0.4, 0.5) is 0 Å². The summed E-state index contributed by atoms with van der Waals surface area (Å²) in [6.07, 6.45) is 0.696. The van der Waals surface area contributed by atoms with Gasteiger partial charge in [0.2, 0.25) is 0 Å². The van der Waals surface area contributed by atoms with E-state index in [0.717, 1.165) is 12.0 Å². The van der Waals surface area contributed by atoms with Gasteiger partial charge in [0.25, 0.3) is 0 Å². The second kappa shape index (κ2) is 4.58. The van der Waals surface area contributed by atoms with Gasteiger partial charge in [-0.2, -0.15) is 0 Å². The van der Waals surface area contributed by atoms with Crippen LogP contribution >= 0.6 is 0 Å². The van der Waals surface area contributed by atoms with Crippen molar-refractivity contribution in [2.75, 3.05) is 0 Å². The van der Waals surface area contributed by atoms with E-state index < -0.39 is 0 Å². The van der Waals surface area contributed by atoms with Gasteiger partial charge in [0, 0.05) is 0 Å². The van der Waals surface area contributed by atoms with Crippen LogP contribution in [-0.4, -0.2) is 5.26 Å². The van der Waals surface area contributed by atoms with Crippen LogP contribution in [0.15, 0.2) is 30.3 Å². The molecule has 1 atom stereocenters. The third kappa shape index (κ3) is 2.34. The van der Waals surface area contributed by atoms with Gasteiger partial charge < -0.3 is 0 Å². The fraction of sp³-hybridized carbons (Fsp3) is 0.500.